The highest BCUT2D eigenvalue weighted by atomic mass is 32.2. The molecule has 3 N–H and O–H groups in total. The van der Waals surface area contributed by atoms with Crippen molar-refractivity contribution in [1.82, 2.24) is 0 Å². The Hall–Kier alpha value is -3.30. The molecule has 2 aromatic rings. The molecule has 39 heavy (non-hydrogen) atoms. The average molecular weight is 554 g/mol. The van der Waals surface area contributed by atoms with E-state index in [-0.39, 0.29) is 22.5 Å². The van der Waals surface area contributed by atoms with Crippen molar-refractivity contribution in [1.29, 1.82) is 0 Å². The standard InChI is InChI=1S/C30H39N3O5S/c1-3-4-5-6-7-8-9-10-11-12-13-23-14-17-25(18-15-23)32-33-27-19-16-24-20-26(39(36,37)38)21-28(31-22(2)34)29(24)30(27)35/h14-21,32H,3-13H2,1-2H3,(H,31,34)(H,36,37,38)/b33-27-. The van der Waals surface area contributed by atoms with Crippen molar-refractivity contribution >= 4 is 45.0 Å². The van der Waals surface area contributed by atoms with Gasteiger partial charge in [-0.1, -0.05) is 82.9 Å². The maximum Gasteiger partial charge on any atom is 0.294 e. The van der Waals surface area contributed by atoms with Crippen molar-refractivity contribution in [2.45, 2.75) is 89.4 Å². The van der Waals surface area contributed by atoms with Crippen LogP contribution >= 0.6 is 0 Å². The first-order chi connectivity index (χ1) is 18.7. The number of Topliss-reactive ketones (excluding diaryl/α,β-unsaturated/α-hetero) is 1. The lowest BCUT2D eigenvalue weighted by atomic mass is 9.93. The Labute approximate surface area is 231 Å². The fourth-order valence-corrected chi connectivity index (χ4v) is 5.15. The van der Waals surface area contributed by atoms with Crippen molar-refractivity contribution < 1.29 is 22.6 Å². The maximum atomic E-state index is 13.1. The second-order valence-corrected chi connectivity index (χ2v) is 11.4. The molecule has 9 heteroatoms. The summed E-state index contributed by atoms with van der Waals surface area (Å²) in [6, 6.07) is 10.2. The average Bonchev–Trinajstić information content (AvgIpc) is 2.89. The van der Waals surface area contributed by atoms with E-state index in [1.54, 1.807) is 0 Å². The van der Waals surface area contributed by atoms with Crippen LogP contribution in [0.5, 0.6) is 0 Å². The Kier molecular flexibility index (Phi) is 11.4. The number of carbonyl (C=O) groups is 2. The van der Waals surface area contributed by atoms with Gasteiger partial charge in [-0.2, -0.15) is 13.5 Å². The van der Waals surface area contributed by atoms with Crippen molar-refractivity contribution in [3.63, 3.8) is 0 Å². The number of allylic oxidation sites excluding steroid dienone is 1. The van der Waals surface area contributed by atoms with Crippen LogP contribution in [0.25, 0.3) is 6.08 Å². The number of rotatable bonds is 15. The number of hydrogen-bond acceptors (Lipinski definition) is 6. The first kappa shape index (κ1) is 30.2. The number of amides is 1. The Balaban J connectivity index is 1.54. The number of carbonyl (C=O) groups excluding carboxylic acids is 2. The second kappa shape index (κ2) is 14.7. The van der Waals surface area contributed by atoms with Gasteiger partial charge in [-0.15, -0.1) is 0 Å². The van der Waals surface area contributed by atoms with Crippen LogP contribution in [0.1, 0.15) is 99.5 Å². The van der Waals surface area contributed by atoms with Crippen LogP contribution in [-0.2, 0) is 21.3 Å². The molecule has 1 aliphatic rings. The van der Waals surface area contributed by atoms with E-state index >= 15 is 0 Å². The lowest BCUT2D eigenvalue weighted by Crippen LogP contribution is -2.22. The first-order valence-electron chi connectivity index (χ1n) is 13.8. The van der Waals surface area contributed by atoms with Crippen LogP contribution in [0.2, 0.25) is 0 Å². The van der Waals surface area contributed by atoms with E-state index in [9.17, 15) is 22.6 Å². The molecule has 0 heterocycles. The van der Waals surface area contributed by atoms with Gasteiger partial charge in [-0.3, -0.25) is 19.6 Å². The number of hydrazone groups is 1. The fraction of sp³-hybridized carbons (Fsp3) is 0.433. The molecule has 0 radical (unpaired) electrons. The molecule has 210 valence electrons. The third-order valence-corrected chi connectivity index (χ3v) is 7.54. The highest BCUT2D eigenvalue weighted by Gasteiger charge is 2.26. The van der Waals surface area contributed by atoms with Crippen molar-refractivity contribution in [3.05, 3.63) is 59.2 Å². The van der Waals surface area contributed by atoms with Crippen molar-refractivity contribution in [3.8, 4) is 0 Å². The highest BCUT2D eigenvalue weighted by Crippen LogP contribution is 2.30. The molecule has 1 aliphatic carbocycles. The number of benzene rings is 2. The Bertz CT molecular complexity index is 1310. The summed E-state index contributed by atoms with van der Waals surface area (Å²) in [6.45, 7) is 3.49. The zero-order valence-electron chi connectivity index (χ0n) is 22.8. The fourth-order valence-electron chi connectivity index (χ4n) is 4.61. The summed E-state index contributed by atoms with van der Waals surface area (Å²) in [6.07, 6.45) is 17.1. The van der Waals surface area contributed by atoms with Crippen LogP contribution in [0, 0.1) is 0 Å². The largest absolute Gasteiger partial charge is 0.326 e. The summed E-state index contributed by atoms with van der Waals surface area (Å²) in [7, 11) is -4.53. The number of aryl methyl sites for hydroxylation is 1. The van der Waals surface area contributed by atoms with Gasteiger partial charge >= 0.3 is 0 Å². The Morgan fingerprint density at radius 1 is 0.897 bits per heavy atom. The number of nitrogens with one attached hydrogen (secondary N) is 2. The first-order valence-corrected chi connectivity index (χ1v) is 15.2. The molecular formula is C30H39N3O5S. The maximum absolute atomic E-state index is 13.1. The summed E-state index contributed by atoms with van der Waals surface area (Å²) >= 11 is 0. The van der Waals surface area contributed by atoms with Gasteiger partial charge in [0, 0.05) is 6.92 Å². The number of ketones is 1. The Morgan fingerprint density at radius 3 is 2.10 bits per heavy atom. The summed E-state index contributed by atoms with van der Waals surface area (Å²) in [5.74, 6) is -0.968. The summed E-state index contributed by atoms with van der Waals surface area (Å²) in [5.41, 5.74) is 5.34. The molecule has 0 saturated carbocycles. The van der Waals surface area contributed by atoms with Crippen LogP contribution in [0.15, 0.2) is 52.5 Å². The van der Waals surface area contributed by atoms with Gasteiger partial charge in [0.25, 0.3) is 10.1 Å². The molecule has 0 saturated heterocycles. The van der Waals surface area contributed by atoms with Gasteiger partial charge in [0.15, 0.2) is 0 Å². The Morgan fingerprint density at radius 2 is 1.51 bits per heavy atom. The highest BCUT2D eigenvalue weighted by molar-refractivity contribution is 7.85. The smallest absolute Gasteiger partial charge is 0.294 e. The summed E-state index contributed by atoms with van der Waals surface area (Å²) < 4.78 is 32.7. The molecule has 8 nitrogen and oxygen atoms in total. The topological polar surface area (TPSA) is 125 Å². The van der Waals surface area contributed by atoms with E-state index in [0.29, 0.717) is 0 Å². The van der Waals surface area contributed by atoms with E-state index in [0.717, 1.165) is 18.2 Å². The minimum atomic E-state index is -4.53. The summed E-state index contributed by atoms with van der Waals surface area (Å²) in [5, 5.41) is 6.70. The predicted molar refractivity (Wildman–Crippen MR) is 157 cm³/mol. The normalized spacial score (nSPS) is 13.9. The van der Waals surface area contributed by atoms with Gasteiger partial charge in [-0.05, 0) is 54.3 Å². The van der Waals surface area contributed by atoms with E-state index in [2.05, 4.69) is 34.9 Å². The number of anilines is 2. The molecule has 1 amide bonds. The lowest BCUT2D eigenvalue weighted by Gasteiger charge is -2.17. The van der Waals surface area contributed by atoms with Crippen LogP contribution in [-0.4, -0.2) is 30.4 Å². The van der Waals surface area contributed by atoms with Crippen LogP contribution in [0.4, 0.5) is 11.4 Å². The second-order valence-electron chi connectivity index (χ2n) is 9.99. The van der Waals surface area contributed by atoms with Gasteiger partial charge in [0.05, 0.1) is 21.8 Å². The number of fused-ring (bicyclic) bond motifs is 1. The van der Waals surface area contributed by atoms with Gasteiger partial charge in [-0.25, -0.2) is 0 Å². The summed E-state index contributed by atoms with van der Waals surface area (Å²) in [4.78, 5) is 24.4. The predicted octanol–water partition coefficient (Wildman–Crippen LogP) is 7.03. The van der Waals surface area contributed by atoms with Crippen molar-refractivity contribution in [2.24, 2.45) is 5.10 Å². The third kappa shape index (κ3) is 9.44. The quantitative estimate of drug-likeness (QED) is 0.123. The molecule has 0 unspecified atom stereocenters. The molecule has 0 atom stereocenters. The molecule has 0 fully saturated rings. The molecule has 3 rings (SSSR count). The zero-order valence-corrected chi connectivity index (χ0v) is 23.6. The van der Waals surface area contributed by atoms with Gasteiger partial charge in [0.2, 0.25) is 11.7 Å². The van der Waals surface area contributed by atoms with Gasteiger partial charge in [0.1, 0.15) is 5.71 Å². The molecule has 0 aromatic heterocycles. The minimum absolute atomic E-state index is 0.00833. The molecule has 2 aromatic carbocycles. The SMILES string of the molecule is CCCCCCCCCCCCc1ccc(N/N=C2/C=Cc3cc(S(=O)(=O)O)cc(NC(C)=O)c3C2=O)cc1. The van der Waals surface area contributed by atoms with E-state index in [1.807, 2.05) is 12.1 Å². The van der Waals surface area contributed by atoms with E-state index in [1.165, 1.54) is 94.9 Å². The molecule has 0 bridgehead atoms. The number of unbranched alkanes of at least 4 members (excludes halogenated alkanes) is 9. The molecular weight excluding hydrogens is 514 g/mol. The van der Waals surface area contributed by atoms with Crippen LogP contribution in [0.3, 0.4) is 0 Å². The van der Waals surface area contributed by atoms with Gasteiger partial charge < -0.3 is 5.32 Å². The van der Waals surface area contributed by atoms with E-state index in [4.69, 9.17) is 0 Å². The zero-order chi connectivity index (χ0) is 28.3. The molecule has 0 aliphatic heterocycles. The third-order valence-electron chi connectivity index (χ3n) is 6.71. The van der Waals surface area contributed by atoms with E-state index < -0.39 is 26.7 Å². The van der Waals surface area contributed by atoms with Crippen LogP contribution < -0.4 is 10.7 Å². The molecule has 0 spiro atoms. The van der Waals surface area contributed by atoms with Crippen molar-refractivity contribution in [2.75, 3.05) is 10.7 Å². The lowest BCUT2D eigenvalue weighted by molar-refractivity contribution is -0.114. The number of hydrogen-bond donors (Lipinski definition) is 3. The number of nitrogens with zero attached hydrogens (tertiary/aromatic N) is 1. The monoisotopic (exact) mass is 553 g/mol. The minimum Gasteiger partial charge on any atom is -0.326 e.